The van der Waals surface area contributed by atoms with Gasteiger partial charge in [0.15, 0.2) is 0 Å². The van der Waals surface area contributed by atoms with Crippen LogP contribution in [0.2, 0.25) is 0 Å². The van der Waals surface area contributed by atoms with E-state index in [9.17, 15) is 9.59 Å². The first kappa shape index (κ1) is 15.5. The number of ether oxygens (including phenoxy) is 1. The zero-order chi connectivity index (χ0) is 14.5. The van der Waals surface area contributed by atoms with E-state index in [0.29, 0.717) is 19.3 Å². The number of carbonyl (C=O) groups excluding carboxylic acids is 2. The van der Waals surface area contributed by atoms with E-state index in [1.54, 1.807) is 13.8 Å². The molecule has 0 radical (unpaired) electrons. The summed E-state index contributed by atoms with van der Waals surface area (Å²) in [6.45, 7) is 5.48. The lowest BCUT2D eigenvalue weighted by Crippen LogP contribution is -2.50. The molecule has 19 heavy (non-hydrogen) atoms. The highest BCUT2D eigenvalue weighted by molar-refractivity contribution is 6.04. The van der Waals surface area contributed by atoms with Crippen LogP contribution in [0, 0.1) is 11.3 Å². The summed E-state index contributed by atoms with van der Waals surface area (Å²) in [7, 11) is 0. The van der Waals surface area contributed by atoms with Gasteiger partial charge in [0.1, 0.15) is 11.2 Å². The van der Waals surface area contributed by atoms with Gasteiger partial charge in [-0.05, 0) is 44.6 Å². The van der Waals surface area contributed by atoms with Crippen LogP contribution in [0.4, 0.5) is 0 Å². The lowest BCUT2D eigenvalue weighted by Gasteiger charge is -2.40. The predicted molar refractivity (Wildman–Crippen MR) is 70.3 cm³/mol. The molecule has 6 nitrogen and oxygen atoms in total. The van der Waals surface area contributed by atoms with Crippen molar-refractivity contribution in [2.24, 2.45) is 16.4 Å². The summed E-state index contributed by atoms with van der Waals surface area (Å²) in [6, 6.07) is -0.344. The van der Waals surface area contributed by atoms with Gasteiger partial charge >= 0.3 is 5.97 Å². The van der Waals surface area contributed by atoms with Crippen LogP contribution in [0.25, 0.3) is 10.4 Å². The highest BCUT2D eigenvalue weighted by Gasteiger charge is 2.52. The van der Waals surface area contributed by atoms with Gasteiger partial charge in [0, 0.05) is 17.4 Å². The molecule has 3 atom stereocenters. The first-order chi connectivity index (χ1) is 9.02. The smallest absolute Gasteiger partial charge is 0.319 e. The molecule has 0 aromatic heterocycles. The fourth-order valence-electron chi connectivity index (χ4n) is 2.87. The molecule has 0 aromatic rings. The third-order valence-corrected chi connectivity index (χ3v) is 4.02. The van der Waals surface area contributed by atoms with Gasteiger partial charge in [-0.25, -0.2) is 0 Å². The Labute approximate surface area is 113 Å². The Balaban J connectivity index is 3.13. The Morgan fingerprint density at radius 2 is 2.32 bits per heavy atom. The zero-order valence-corrected chi connectivity index (χ0v) is 11.8. The maximum absolute atomic E-state index is 12.2. The molecule has 0 aliphatic heterocycles. The molecule has 1 fully saturated rings. The second kappa shape index (κ2) is 6.57. The maximum atomic E-state index is 12.2. The molecule has 0 N–H and O–H groups in total. The molecule has 0 amide bonds. The van der Waals surface area contributed by atoms with Crippen molar-refractivity contribution >= 4 is 11.8 Å². The van der Waals surface area contributed by atoms with E-state index in [0.717, 1.165) is 6.42 Å². The molecule has 0 heterocycles. The fourth-order valence-corrected chi connectivity index (χ4v) is 2.87. The molecular formula is C13H21N3O3. The number of esters is 1. The summed E-state index contributed by atoms with van der Waals surface area (Å²) >= 11 is 0. The minimum Gasteiger partial charge on any atom is -0.465 e. The van der Waals surface area contributed by atoms with Crippen molar-refractivity contribution in [3.63, 3.8) is 0 Å². The van der Waals surface area contributed by atoms with E-state index in [1.807, 2.05) is 6.92 Å². The van der Waals surface area contributed by atoms with Crippen LogP contribution in [-0.2, 0) is 14.3 Å². The molecule has 0 saturated heterocycles. The average Bonchev–Trinajstić information content (AvgIpc) is 2.40. The Bertz CT molecular complexity index is 404. The number of Topliss-reactive ketones (excluding diaryl/α,β-unsaturated/α-hetero) is 1. The third kappa shape index (κ3) is 2.89. The number of hydrogen-bond donors (Lipinski definition) is 0. The number of nitrogens with zero attached hydrogens (tertiary/aromatic N) is 3. The van der Waals surface area contributed by atoms with Gasteiger partial charge in [-0.1, -0.05) is 12.0 Å². The van der Waals surface area contributed by atoms with Gasteiger partial charge < -0.3 is 4.74 Å². The number of carbonyl (C=O) groups is 2. The maximum Gasteiger partial charge on any atom is 0.319 e. The summed E-state index contributed by atoms with van der Waals surface area (Å²) in [4.78, 5) is 27.3. The average molecular weight is 267 g/mol. The molecule has 1 aliphatic rings. The topological polar surface area (TPSA) is 92.1 Å². The standard InChI is InChI=1S/C13H21N3O3/c1-4-10(15-16-14)9-7-6-8-11(17)13(9,3)12(18)19-5-2/h9-10H,4-8H2,1-3H3/t9-,10-,13+/m0/s1. The second-order valence-corrected chi connectivity index (χ2v) is 5.03. The number of azide groups is 1. The molecule has 1 rings (SSSR count). The van der Waals surface area contributed by atoms with Crippen molar-refractivity contribution in [2.75, 3.05) is 6.61 Å². The van der Waals surface area contributed by atoms with Crippen LogP contribution < -0.4 is 0 Å². The number of ketones is 1. The second-order valence-electron chi connectivity index (χ2n) is 5.03. The van der Waals surface area contributed by atoms with Gasteiger partial charge in [-0.15, -0.1) is 0 Å². The quantitative estimate of drug-likeness (QED) is 0.252. The third-order valence-electron chi connectivity index (χ3n) is 4.02. The predicted octanol–water partition coefficient (Wildman–Crippen LogP) is 3.01. The summed E-state index contributed by atoms with van der Waals surface area (Å²) in [5, 5.41) is 3.76. The van der Waals surface area contributed by atoms with Gasteiger partial charge in [0.05, 0.1) is 6.61 Å². The Kier molecular flexibility index (Phi) is 5.36. The van der Waals surface area contributed by atoms with Crippen LogP contribution in [-0.4, -0.2) is 24.4 Å². The zero-order valence-electron chi connectivity index (χ0n) is 11.8. The van der Waals surface area contributed by atoms with Crippen LogP contribution in [0.5, 0.6) is 0 Å². The molecule has 6 heteroatoms. The molecule has 0 unspecified atom stereocenters. The first-order valence-corrected chi connectivity index (χ1v) is 6.77. The van der Waals surface area contributed by atoms with Crippen LogP contribution in [0.15, 0.2) is 5.11 Å². The van der Waals surface area contributed by atoms with E-state index in [-0.39, 0.29) is 24.3 Å². The summed E-state index contributed by atoms with van der Waals surface area (Å²) < 4.78 is 5.06. The van der Waals surface area contributed by atoms with E-state index >= 15 is 0 Å². The van der Waals surface area contributed by atoms with Crippen LogP contribution >= 0.6 is 0 Å². The van der Waals surface area contributed by atoms with E-state index in [2.05, 4.69) is 10.0 Å². The summed E-state index contributed by atoms with van der Waals surface area (Å²) in [5.74, 6) is -0.862. The number of hydrogen-bond acceptors (Lipinski definition) is 4. The number of rotatable bonds is 5. The minimum atomic E-state index is -1.18. The molecule has 106 valence electrons. The van der Waals surface area contributed by atoms with Gasteiger partial charge in [-0.3, -0.25) is 9.59 Å². The summed E-state index contributed by atoms with van der Waals surface area (Å²) in [5.41, 5.74) is 7.46. The van der Waals surface area contributed by atoms with E-state index in [4.69, 9.17) is 10.3 Å². The highest BCUT2D eigenvalue weighted by atomic mass is 16.5. The van der Waals surface area contributed by atoms with E-state index in [1.165, 1.54) is 0 Å². The van der Waals surface area contributed by atoms with Gasteiger partial charge in [0.2, 0.25) is 0 Å². The van der Waals surface area contributed by atoms with Crippen LogP contribution in [0.3, 0.4) is 0 Å². The monoisotopic (exact) mass is 267 g/mol. The molecule has 0 bridgehead atoms. The fraction of sp³-hybridized carbons (Fsp3) is 0.846. The Morgan fingerprint density at radius 3 is 2.84 bits per heavy atom. The van der Waals surface area contributed by atoms with Crippen molar-refractivity contribution in [1.29, 1.82) is 0 Å². The lowest BCUT2D eigenvalue weighted by atomic mass is 9.63. The van der Waals surface area contributed by atoms with Crippen molar-refractivity contribution in [3.05, 3.63) is 10.4 Å². The Morgan fingerprint density at radius 1 is 1.63 bits per heavy atom. The molecule has 1 saturated carbocycles. The molecule has 1 aliphatic carbocycles. The van der Waals surface area contributed by atoms with E-state index < -0.39 is 11.4 Å². The van der Waals surface area contributed by atoms with Crippen molar-refractivity contribution in [3.8, 4) is 0 Å². The minimum absolute atomic E-state index is 0.103. The molecular weight excluding hydrogens is 246 g/mol. The normalized spacial score (nSPS) is 28.4. The van der Waals surface area contributed by atoms with Gasteiger partial charge in [0.25, 0.3) is 0 Å². The van der Waals surface area contributed by atoms with Crippen molar-refractivity contribution < 1.29 is 14.3 Å². The van der Waals surface area contributed by atoms with Gasteiger partial charge in [-0.2, -0.15) is 0 Å². The van der Waals surface area contributed by atoms with Crippen LogP contribution in [0.1, 0.15) is 46.5 Å². The van der Waals surface area contributed by atoms with Crippen molar-refractivity contribution in [1.82, 2.24) is 0 Å². The molecule has 0 aromatic carbocycles. The molecule has 0 spiro atoms. The summed E-state index contributed by atoms with van der Waals surface area (Å²) in [6.07, 6.45) is 2.43. The lowest BCUT2D eigenvalue weighted by molar-refractivity contribution is -0.165. The van der Waals surface area contributed by atoms with Crippen molar-refractivity contribution in [2.45, 2.75) is 52.5 Å². The largest absolute Gasteiger partial charge is 0.465 e. The highest BCUT2D eigenvalue weighted by Crippen LogP contribution is 2.43. The SMILES string of the molecule is CCOC(=O)[C@@]1(C)C(=O)CCC[C@H]1[C@H](CC)N=[N+]=[N-]. The first-order valence-electron chi connectivity index (χ1n) is 6.77. The Hall–Kier alpha value is -1.55.